The lowest BCUT2D eigenvalue weighted by Gasteiger charge is -2.12. The van der Waals surface area contributed by atoms with Crippen molar-refractivity contribution >= 4 is 5.91 Å². The van der Waals surface area contributed by atoms with Gasteiger partial charge in [0.1, 0.15) is 17.3 Å². The Hall–Kier alpha value is -3.02. The van der Waals surface area contributed by atoms with Crippen molar-refractivity contribution in [1.29, 1.82) is 0 Å². The maximum Gasteiger partial charge on any atom is 0.220 e. The Balaban J connectivity index is 1.54. The van der Waals surface area contributed by atoms with Crippen LogP contribution < -0.4 is 10.1 Å². The van der Waals surface area contributed by atoms with Crippen LogP contribution in [-0.2, 0) is 11.2 Å². The molecule has 0 aliphatic carbocycles. The van der Waals surface area contributed by atoms with Crippen molar-refractivity contribution < 1.29 is 18.4 Å². The fourth-order valence-electron chi connectivity index (χ4n) is 3.01. The van der Waals surface area contributed by atoms with Crippen LogP contribution in [0.1, 0.15) is 42.4 Å². The number of ether oxygens (including phenoxy) is 1. The third-order valence-corrected chi connectivity index (χ3v) is 4.42. The molecule has 2 heterocycles. The number of aryl methyl sites for hydroxylation is 3. The highest BCUT2D eigenvalue weighted by Gasteiger charge is 2.16. The Labute approximate surface area is 158 Å². The average molecular weight is 368 g/mol. The van der Waals surface area contributed by atoms with Crippen LogP contribution in [0.2, 0.25) is 0 Å². The summed E-state index contributed by atoms with van der Waals surface area (Å²) in [7, 11) is 1.63. The summed E-state index contributed by atoms with van der Waals surface area (Å²) in [5.74, 6) is 3.62. The second-order valence-corrected chi connectivity index (χ2v) is 6.50. The summed E-state index contributed by atoms with van der Waals surface area (Å²) in [6.07, 6.45) is 2.43. The van der Waals surface area contributed by atoms with E-state index in [1.54, 1.807) is 13.3 Å². The quantitative estimate of drug-likeness (QED) is 0.670. The Morgan fingerprint density at radius 3 is 2.59 bits per heavy atom. The molecule has 0 bridgehead atoms. The normalized spacial score (nSPS) is 12.0. The van der Waals surface area contributed by atoms with Crippen LogP contribution in [0.4, 0.5) is 0 Å². The number of nitrogens with zero attached hydrogens (tertiary/aromatic N) is 1. The molecule has 0 saturated carbocycles. The van der Waals surface area contributed by atoms with E-state index in [0.717, 1.165) is 28.4 Å². The average Bonchev–Trinajstić information content (AvgIpc) is 3.26. The Bertz CT molecular complexity index is 909. The number of carbonyl (C=O) groups excluding carboxylic acids is 1. The van der Waals surface area contributed by atoms with Crippen molar-refractivity contribution in [2.45, 2.75) is 39.7 Å². The van der Waals surface area contributed by atoms with Gasteiger partial charge in [0.2, 0.25) is 5.91 Å². The van der Waals surface area contributed by atoms with Crippen molar-refractivity contribution in [3.63, 3.8) is 0 Å². The van der Waals surface area contributed by atoms with Crippen LogP contribution in [-0.4, -0.2) is 18.0 Å². The van der Waals surface area contributed by atoms with Gasteiger partial charge in [-0.1, -0.05) is 0 Å². The van der Waals surface area contributed by atoms with Gasteiger partial charge in [-0.2, -0.15) is 0 Å². The SMILES string of the molecule is COc1ccc(-c2cnc(CCC(=O)NC(C)c3cc(C)oc3C)o2)cc1. The molecule has 1 N–H and O–H groups in total. The van der Waals surface area contributed by atoms with Gasteiger partial charge >= 0.3 is 0 Å². The first-order valence-corrected chi connectivity index (χ1v) is 8.91. The van der Waals surface area contributed by atoms with Gasteiger partial charge in [0.25, 0.3) is 0 Å². The van der Waals surface area contributed by atoms with Crippen LogP contribution in [0.3, 0.4) is 0 Å². The van der Waals surface area contributed by atoms with Gasteiger partial charge in [0, 0.05) is 24.0 Å². The van der Waals surface area contributed by atoms with Crippen LogP contribution in [0.5, 0.6) is 5.75 Å². The number of hydrogen-bond acceptors (Lipinski definition) is 5. The first kappa shape index (κ1) is 18.8. The minimum atomic E-state index is -0.102. The summed E-state index contributed by atoms with van der Waals surface area (Å²) in [5.41, 5.74) is 1.91. The van der Waals surface area contributed by atoms with Crippen LogP contribution >= 0.6 is 0 Å². The molecule has 6 nitrogen and oxygen atoms in total. The van der Waals surface area contributed by atoms with Crippen molar-refractivity contribution in [2.24, 2.45) is 0 Å². The zero-order valence-electron chi connectivity index (χ0n) is 16.0. The fraction of sp³-hybridized carbons (Fsp3) is 0.333. The number of methoxy groups -OCH3 is 1. The molecular weight excluding hydrogens is 344 g/mol. The summed E-state index contributed by atoms with van der Waals surface area (Å²) in [5, 5.41) is 2.99. The van der Waals surface area contributed by atoms with E-state index in [0.29, 0.717) is 24.5 Å². The summed E-state index contributed by atoms with van der Waals surface area (Å²) < 4.78 is 16.4. The second kappa shape index (κ2) is 8.12. The molecule has 1 aromatic carbocycles. The lowest BCUT2D eigenvalue weighted by Crippen LogP contribution is -2.27. The van der Waals surface area contributed by atoms with Crippen molar-refractivity contribution in [3.8, 4) is 17.1 Å². The topological polar surface area (TPSA) is 77.5 Å². The van der Waals surface area contributed by atoms with Crippen molar-refractivity contribution in [2.75, 3.05) is 7.11 Å². The number of furan rings is 1. The number of oxazole rings is 1. The molecule has 0 spiro atoms. The molecular formula is C21H24N2O4. The number of benzene rings is 1. The van der Waals surface area contributed by atoms with Crippen molar-refractivity contribution in [1.82, 2.24) is 10.3 Å². The third-order valence-electron chi connectivity index (χ3n) is 4.42. The largest absolute Gasteiger partial charge is 0.497 e. The Morgan fingerprint density at radius 2 is 1.96 bits per heavy atom. The van der Waals surface area contributed by atoms with Crippen LogP contribution in [0.25, 0.3) is 11.3 Å². The highest BCUT2D eigenvalue weighted by molar-refractivity contribution is 5.76. The highest BCUT2D eigenvalue weighted by Crippen LogP contribution is 2.24. The zero-order valence-corrected chi connectivity index (χ0v) is 16.0. The minimum absolute atomic E-state index is 0.0510. The van der Waals surface area contributed by atoms with Crippen molar-refractivity contribution in [3.05, 3.63) is 59.5 Å². The maximum absolute atomic E-state index is 12.2. The summed E-state index contributed by atoms with van der Waals surface area (Å²) in [6, 6.07) is 9.40. The summed E-state index contributed by atoms with van der Waals surface area (Å²) in [4.78, 5) is 16.5. The predicted molar refractivity (Wildman–Crippen MR) is 102 cm³/mol. The number of amides is 1. The van der Waals surface area contributed by atoms with Gasteiger partial charge in [0.15, 0.2) is 11.7 Å². The van der Waals surface area contributed by atoms with E-state index in [2.05, 4.69) is 10.3 Å². The first-order valence-electron chi connectivity index (χ1n) is 8.91. The maximum atomic E-state index is 12.2. The van der Waals surface area contributed by atoms with E-state index in [1.807, 2.05) is 51.1 Å². The van der Waals surface area contributed by atoms with Gasteiger partial charge in [0.05, 0.1) is 19.3 Å². The lowest BCUT2D eigenvalue weighted by molar-refractivity contribution is -0.121. The van der Waals surface area contributed by atoms with E-state index in [9.17, 15) is 4.79 Å². The molecule has 0 radical (unpaired) electrons. The van der Waals surface area contributed by atoms with E-state index >= 15 is 0 Å². The molecule has 1 unspecified atom stereocenters. The first-order chi connectivity index (χ1) is 13.0. The molecule has 6 heteroatoms. The summed E-state index contributed by atoms with van der Waals surface area (Å²) >= 11 is 0. The van der Waals surface area contributed by atoms with Gasteiger partial charge in [-0.3, -0.25) is 4.79 Å². The molecule has 0 fully saturated rings. The Kier molecular flexibility index (Phi) is 5.64. The molecule has 3 rings (SSSR count). The molecule has 0 aliphatic heterocycles. The third kappa shape index (κ3) is 4.58. The summed E-state index contributed by atoms with van der Waals surface area (Å²) in [6.45, 7) is 5.74. The molecule has 142 valence electrons. The second-order valence-electron chi connectivity index (χ2n) is 6.50. The monoisotopic (exact) mass is 368 g/mol. The number of carbonyl (C=O) groups is 1. The van der Waals surface area contributed by atoms with E-state index < -0.39 is 0 Å². The van der Waals surface area contributed by atoms with E-state index in [-0.39, 0.29) is 11.9 Å². The van der Waals surface area contributed by atoms with E-state index in [1.165, 1.54) is 0 Å². The minimum Gasteiger partial charge on any atom is -0.497 e. The number of rotatable bonds is 7. The number of aromatic nitrogens is 1. The van der Waals surface area contributed by atoms with Gasteiger partial charge in [-0.15, -0.1) is 0 Å². The molecule has 3 aromatic rings. The van der Waals surface area contributed by atoms with Gasteiger partial charge in [-0.05, 0) is 51.1 Å². The Morgan fingerprint density at radius 1 is 1.22 bits per heavy atom. The van der Waals surface area contributed by atoms with E-state index in [4.69, 9.17) is 13.6 Å². The lowest BCUT2D eigenvalue weighted by atomic mass is 10.1. The fourth-order valence-corrected chi connectivity index (χ4v) is 3.01. The molecule has 2 aromatic heterocycles. The molecule has 0 saturated heterocycles. The van der Waals surface area contributed by atoms with Crippen LogP contribution in [0.15, 0.2) is 45.4 Å². The molecule has 1 atom stereocenters. The van der Waals surface area contributed by atoms with Crippen LogP contribution in [0, 0.1) is 13.8 Å². The predicted octanol–water partition coefficient (Wildman–Crippen LogP) is 4.37. The van der Waals surface area contributed by atoms with Gasteiger partial charge in [-0.25, -0.2) is 4.98 Å². The van der Waals surface area contributed by atoms with Gasteiger partial charge < -0.3 is 18.9 Å². The molecule has 27 heavy (non-hydrogen) atoms. The number of nitrogens with one attached hydrogen (secondary N) is 1. The molecule has 0 aliphatic rings. The zero-order chi connectivity index (χ0) is 19.4. The number of hydrogen-bond donors (Lipinski definition) is 1. The molecule has 1 amide bonds. The standard InChI is InChI=1S/C21H24N2O4/c1-13-11-18(15(3)26-13)14(2)23-20(24)9-10-21-22-12-19(27-21)16-5-7-17(25-4)8-6-16/h5-8,11-12,14H,9-10H2,1-4H3,(H,23,24). The highest BCUT2D eigenvalue weighted by atomic mass is 16.5. The smallest absolute Gasteiger partial charge is 0.220 e.